The van der Waals surface area contributed by atoms with E-state index in [1.54, 1.807) is 42.5 Å². The van der Waals surface area contributed by atoms with Gasteiger partial charge >= 0.3 is 17.9 Å². The maximum absolute atomic E-state index is 15.3. The van der Waals surface area contributed by atoms with E-state index in [-0.39, 0.29) is 57.7 Å². The molecule has 78 heavy (non-hydrogen) atoms. The summed E-state index contributed by atoms with van der Waals surface area (Å²) in [5.74, 6) is -4.70. The standard InChI is InChI=1S/C61H55IN4O12/c1-2-28-76-58(71)49-52-59(72)78-53(38-17-10-5-11-18-38)51(37-15-8-4-9-16-37)66(52)54(61(49)45-34-41(62)23-26-46(45)64-60(61)73)39-21-24-42(25-22-39)75-30-31-77-57(70)44-35-48-55(68)63-47(32-36-13-6-3-7-14-36)56(69)65(48)50(44)40-19-12-20-43(33-40)74-29-27-67/h2-26,33-34,44,47-54,67H,1,27-32,35H2,(H,63,68)(H,64,73)/t44-,47+,48-,49+,50-,51+,52+,53-,54-,61+/m1/s1. The Bertz CT molecular complexity index is 3260. The first kappa shape index (κ1) is 52.2. The molecule has 3 amide bonds. The van der Waals surface area contributed by atoms with Crippen LogP contribution >= 0.6 is 22.6 Å². The number of fused-ring (bicyclic) bond motifs is 4. The van der Waals surface area contributed by atoms with Crippen LogP contribution in [0.2, 0.25) is 0 Å². The molecule has 0 unspecified atom stereocenters. The molecule has 17 heteroatoms. The van der Waals surface area contributed by atoms with Gasteiger partial charge in [-0.25, -0.2) is 0 Å². The molecule has 6 aromatic carbocycles. The number of rotatable bonds is 17. The normalized spacial score (nSPS) is 26.0. The van der Waals surface area contributed by atoms with Crippen molar-refractivity contribution in [3.8, 4) is 11.5 Å². The second-order valence-corrected chi connectivity index (χ2v) is 21.1. The van der Waals surface area contributed by atoms with Crippen LogP contribution in [0.4, 0.5) is 5.69 Å². The third-order valence-corrected chi connectivity index (χ3v) is 16.1. The molecular formula is C61H55IN4O12. The summed E-state index contributed by atoms with van der Waals surface area (Å²) in [6.07, 6.45) is 0.873. The Morgan fingerprint density at radius 2 is 1.41 bits per heavy atom. The highest BCUT2D eigenvalue weighted by molar-refractivity contribution is 14.1. The third kappa shape index (κ3) is 9.46. The van der Waals surface area contributed by atoms with Gasteiger partial charge in [-0.3, -0.25) is 33.7 Å². The van der Waals surface area contributed by atoms with Gasteiger partial charge in [-0.1, -0.05) is 128 Å². The number of hydrogen-bond acceptors (Lipinski definition) is 13. The number of anilines is 1. The first-order valence-electron chi connectivity index (χ1n) is 25.9. The Morgan fingerprint density at radius 1 is 0.718 bits per heavy atom. The lowest BCUT2D eigenvalue weighted by atomic mass is 9.65. The maximum atomic E-state index is 15.3. The van der Waals surface area contributed by atoms with Gasteiger partial charge < -0.3 is 44.3 Å². The van der Waals surface area contributed by atoms with E-state index in [0.717, 1.165) is 20.3 Å². The van der Waals surface area contributed by atoms with Crippen molar-refractivity contribution in [1.82, 2.24) is 15.1 Å². The van der Waals surface area contributed by atoms with Gasteiger partial charge in [-0.15, -0.1) is 0 Å². The molecule has 11 rings (SSSR count). The highest BCUT2D eigenvalue weighted by atomic mass is 127. The van der Waals surface area contributed by atoms with E-state index < -0.39 is 83.4 Å². The van der Waals surface area contributed by atoms with Crippen LogP contribution in [-0.2, 0) is 54.8 Å². The van der Waals surface area contributed by atoms with Gasteiger partial charge in [-0.2, -0.15) is 0 Å². The smallest absolute Gasteiger partial charge is 0.325 e. The predicted octanol–water partition coefficient (Wildman–Crippen LogP) is 7.28. The van der Waals surface area contributed by atoms with Gasteiger partial charge in [0.1, 0.15) is 73.5 Å². The van der Waals surface area contributed by atoms with Crippen molar-refractivity contribution in [2.45, 2.75) is 60.6 Å². The second kappa shape index (κ2) is 22.2. The van der Waals surface area contributed by atoms with Gasteiger partial charge in [0.15, 0.2) is 0 Å². The number of nitrogens with zero attached hydrogens (tertiary/aromatic N) is 2. The molecular weight excluding hydrogens is 1110 g/mol. The van der Waals surface area contributed by atoms with Gasteiger partial charge in [0.2, 0.25) is 17.7 Å². The highest BCUT2D eigenvalue weighted by Crippen LogP contribution is 2.65. The summed E-state index contributed by atoms with van der Waals surface area (Å²) in [7, 11) is 0. The average molecular weight is 1160 g/mol. The summed E-state index contributed by atoms with van der Waals surface area (Å²) in [5.41, 5.74) is 2.88. The summed E-state index contributed by atoms with van der Waals surface area (Å²) in [4.78, 5) is 91.0. The minimum absolute atomic E-state index is 0.0210. The Balaban J connectivity index is 0.890. The van der Waals surface area contributed by atoms with Crippen LogP contribution in [0.25, 0.3) is 0 Å². The SMILES string of the molecule is C=CCOC(=O)[C@@H]1[C@H]2C(=O)O[C@H](c3ccccc3)[C@H](c3ccccc3)N2[C@H](c2ccc(OCCOC(=O)[C@@H]3C[C@@H]4C(=O)N[C@@H](Cc5ccccc5)C(=O)N4[C@@H]3c3cccc(OCCO)c3)cc2)[C@@]12C(=O)Nc1ccc(I)cc12. The Labute approximate surface area is 463 Å². The minimum Gasteiger partial charge on any atom is -0.491 e. The van der Waals surface area contributed by atoms with E-state index in [1.807, 2.05) is 120 Å². The van der Waals surface area contributed by atoms with Crippen LogP contribution in [0, 0.1) is 15.4 Å². The van der Waals surface area contributed by atoms with Gasteiger partial charge in [-0.05, 0) is 105 Å². The number of aliphatic hydroxyl groups is 1. The van der Waals surface area contributed by atoms with Crippen LogP contribution < -0.4 is 20.1 Å². The molecule has 398 valence electrons. The Hall–Kier alpha value is -7.87. The zero-order chi connectivity index (χ0) is 54.1. The highest BCUT2D eigenvalue weighted by Gasteiger charge is 2.74. The molecule has 3 N–H and O–H groups in total. The number of carbonyl (C=O) groups is 6. The molecule has 4 saturated heterocycles. The van der Waals surface area contributed by atoms with Crippen molar-refractivity contribution in [3.05, 3.63) is 207 Å². The number of nitrogens with one attached hydrogen (secondary N) is 2. The quantitative estimate of drug-likeness (QED) is 0.0271. The number of cyclic esters (lactones) is 1. The van der Waals surface area contributed by atoms with Crippen LogP contribution in [0.1, 0.15) is 64.0 Å². The zero-order valence-corrected chi connectivity index (χ0v) is 44.3. The fourth-order valence-corrected chi connectivity index (χ4v) is 12.9. The molecule has 0 bridgehead atoms. The van der Waals surface area contributed by atoms with Crippen LogP contribution in [0.3, 0.4) is 0 Å². The predicted molar refractivity (Wildman–Crippen MR) is 292 cm³/mol. The second-order valence-electron chi connectivity index (χ2n) is 19.9. The van der Waals surface area contributed by atoms with Crippen molar-refractivity contribution in [2.75, 3.05) is 38.4 Å². The minimum atomic E-state index is -1.72. The summed E-state index contributed by atoms with van der Waals surface area (Å²) >= 11 is 2.18. The number of halogens is 1. The number of aliphatic hydroxyl groups excluding tert-OH is 1. The number of morpholine rings is 1. The third-order valence-electron chi connectivity index (χ3n) is 15.5. The number of carbonyl (C=O) groups excluding carboxylic acids is 6. The molecule has 0 aliphatic carbocycles. The van der Waals surface area contributed by atoms with E-state index in [4.69, 9.17) is 23.7 Å². The van der Waals surface area contributed by atoms with Crippen LogP contribution in [0.5, 0.6) is 11.5 Å². The number of ether oxygens (including phenoxy) is 5. The Morgan fingerprint density at radius 3 is 2.13 bits per heavy atom. The monoisotopic (exact) mass is 1160 g/mol. The van der Waals surface area contributed by atoms with E-state index >= 15 is 4.79 Å². The zero-order valence-electron chi connectivity index (χ0n) is 42.2. The number of benzene rings is 6. The molecule has 5 aliphatic heterocycles. The van der Waals surface area contributed by atoms with E-state index in [1.165, 1.54) is 11.0 Å². The topological polar surface area (TPSA) is 199 Å². The van der Waals surface area contributed by atoms with Crippen molar-refractivity contribution in [1.29, 1.82) is 0 Å². The first-order chi connectivity index (χ1) is 38.0. The number of piperazine rings is 1. The van der Waals surface area contributed by atoms with E-state index in [0.29, 0.717) is 33.9 Å². The first-order valence-corrected chi connectivity index (χ1v) is 27.0. The molecule has 5 aliphatic rings. The molecule has 16 nitrogen and oxygen atoms in total. The molecule has 5 heterocycles. The lowest BCUT2D eigenvalue weighted by molar-refractivity contribution is -0.180. The maximum Gasteiger partial charge on any atom is 0.325 e. The van der Waals surface area contributed by atoms with Crippen molar-refractivity contribution >= 4 is 63.9 Å². The molecule has 0 saturated carbocycles. The average Bonchev–Trinajstić information content (AvgIpc) is 4.21. The summed E-state index contributed by atoms with van der Waals surface area (Å²) in [5, 5.41) is 15.4. The van der Waals surface area contributed by atoms with Gasteiger partial charge in [0.05, 0.1) is 30.7 Å². The van der Waals surface area contributed by atoms with Gasteiger partial charge in [0.25, 0.3) is 0 Å². The molecule has 10 atom stereocenters. The molecule has 4 fully saturated rings. The molecule has 0 radical (unpaired) electrons. The fraction of sp³-hybridized carbons (Fsp3) is 0.279. The number of hydrogen-bond donors (Lipinski definition) is 3. The summed E-state index contributed by atoms with van der Waals surface area (Å²) < 4.78 is 30.9. The largest absolute Gasteiger partial charge is 0.491 e. The molecule has 1 spiro atoms. The van der Waals surface area contributed by atoms with Gasteiger partial charge in [0, 0.05) is 15.7 Å². The Kier molecular flexibility index (Phi) is 14.9. The fourth-order valence-electron chi connectivity index (χ4n) is 12.4. The lowest BCUT2D eigenvalue weighted by Crippen LogP contribution is -2.62. The van der Waals surface area contributed by atoms with Crippen molar-refractivity contribution in [2.24, 2.45) is 11.8 Å². The van der Waals surface area contributed by atoms with Crippen LogP contribution in [-0.4, -0.2) is 102 Å². The molecule has 0 aromatic heterocycles. The summed E-state index contributed by atoms with van der Waals surface area (Å²) in [6.45, 7) is 3.16. The van der Waals surface area contributed by atoms with E-state index in [2.05, 4.69) is 39.8 Å². The lowest BCUT2D eigenvalue weighted by Gasteiger charge is -2.46. The van der Waals surface area contributed by atoms with Crippen LogP contribution in [0.15, 0.2) is 170 Å². The van der Waals surface area contributed by atoms with E-state index in [9.17, 15) is 29.1 Å². The van der Waals surface area contributed by atoms with Crippen molar-refractivity contribution in [3.63, 3.8) is 0 Å². The number of esters is 3. The molecule has 6 aromatic rings. The summed E-state index contributed by atoms with van der Waals surface area (Å²) in [6, 6.07) is 42.3. The van der Waals surface area contributed by atoms with Crippen molar-refractivity contribution < 1.29 is 57.6 Å². The number of amides is 3.